The molecule has 1 amide bonds. The van der Waals surface area contributed by atoms with Crippen molar-refractivity contribution in [3.63, 3.8) is 0 Å². The van der Waals surface area contributed by atoms with Crippen LogP contribution in [0.1, 0.15) is 34.7 Å². The molecule has 0 radical (unpaired) electrons. The molecule has 0 aliphatic rings. The molecule has 0 fully saturated rings. The van der Waals surface area contributed by atoms with Crippen molar-refractivity contribution in [1.29, 1.82) is 0 Å². The molecule has 1 unspecified atom stereocenters. The van der Waals surface area contributed by atoms with Crippen LogP contribution < -0.4 is 10.1 Å². The number of hydrogen-bond acceptors (Lipinski definition) is 5. The van der Waals surface area contributed by atoms with Crippen LogP contribution in [-0.4, -0.2) is 33.9 Å². The summed E-state index contributed by atoms with van der Waals surface area (Å²) in [6.45, 7) is 1.93. The van der Waals surface area contributed by atoms with Crippen LogP contribution in [0.5, 0.6) is 5.75 Å². The van der Waals surface area contributed by atoms with Gasteiger partial charge in [0.25, 0.3) is 5.91 Å². The Hall–Kier alpha value is -3.60. The van der Waals surface area contributed by atoms with E-state index in [1.165, 1.54) is 19.1 Å². The minimum atomic E-state index is -4.81. The number of carbonyl (C=O) groups is 2. The van der Waals surface area contributed by atoms with E-state index >= 15 is 0 Å². The Morgan fingerprint density at radius 2 is 1.79 bits per heavy atom. The monoisotopic (exact) mass is 499 g/mol. The summed E-state index contributed by atoms with van der Waals surface area (Å²) in [4.78, 5) is 31.8. The molecule has 34 heavy (non-hydrogen) atoms. The van der Waals surface area contributed by atoms with Crippen molar-refractivity contribution in [3.05, 3.63) is 70.6 Å². The van der Waals surface area contributed by atoms with Crippen LogP contribution in [0.2, 0.25) is 5.02 Å². The van der Waals surface area contributed by atoms with Crippen LogP contribution in [0, 0.1) is 11.6 Å². The number of anilines is 1. The molecule has 12 heteroatoms. The van der Waals surface area contributed by atoms with E-state index in [0.717, 1.165) is 24.5 Å². The van der Waals surface area contributed by atoms with Gasteiger partial charge in [-0.1, -0.05) is 17.7 Å². The van der Waals surface area contributed by atoms with Gasteiger partial charge in [-0.2, -0.15) is 13.2 Å². The van der Waals surface area contributed by atoms with Crippen molar-refractivity contribution in [2.75, 3.05) is 5.32 Å². The van der Waals surface area contributed by atoms with E-state index in [0.29, 0.717) is 13.0 Å². The fraction of sp³-hybridized carbons (Fsp3) is 0.182. The van der Waals surface area contributed by atoms with Crippen LogP contribution in [0.4, 0.5) is 27.6 Å². The normalized spacial score (nSPS) is 12.2. The summed E-state index contributed by atoms with van der Waals surface area (Å²) < 4.78 is 73.3. The molecule has 1 heterocycles. The first-order valence-corrected chi connectivity index (χ1v) is 9.92. The number of alkyl halides is 3. The average molecular weight is 500 g/mol. The Morgan fingerprint density at radius 1 is 1.09 bits per heavy atom. The fourth-order valence-corrected chi connectivity index (χ4v) is 2.94. The number of aromatic nitrogens is 2. The molecule has 0 spiro atoms. The lowest BCUT2D eigenvalue weighted by Crippen LogP contribution is -2.32. The van der Waals surface area contributed by atoms with E-state index in [1.807, 2.05) is 0 Å². The topological polar surface area (TPSA) is 81.2 Å². The van der Waals surface area contributed by atoms with Gasteiger partial charge in [-0.15, -0.1) is 0 Å². The molecule has 3 rings (SSSR count). The quantitative estimate of drug-likeness (QED) is 0.339. The van der Waals surface area contributed by atoms with Crippen molar-refractivity contribution in [1.82, 2.24) is 9.97 Å². The Morgan fingerprint density at radius 3 is 2.35 bits per heavy atom. The molecule has 0 bridgehead atoms. The van der Waals surface area contributed by atoms with Gasteiger partial charge in [-0.25, -0.2) is 13.8 Å². The number of Topliss-reactive ketones (excluding diaryl/α,β-unsaturated/α-hetero) is 1. The van der Waals surface area contributed by atoms with Gasteiger partial charge in [0.1, 0.15) is 23.1 Å². The minimum absolute atomic E-state index is 0.0101. The molecular weight excluding hydrogens is 485 g/mol. The molecule has 0 aliphatic carbocycles. The van der Waals surface area contributed by atoms with E-state index in [1.54, 1.807) is 0 Å². The number of hydrogen-bond donors (Lipinski definition) is 1. The third kappa shape index (κ3) is 5.48. The van der Waals surface area contributed by atoms with Gasteiger partial charge in [0.2, 0.25) is 0 Å². The van der Waals surface area contributed by atoms with Crippen molar-refractivity contribution in [2.45, 2.75) is 26.1 Å². The van der Waals surface area contributed by atoms with E-state index in [4.69, 9.17) is 16.3 Å². The maximum absolute atomic E-state index is 14.9. The highest BCUT2D eigenvalue weighted by molar-refractivity contribution is 6.34. The molecule has 6 nitrogen and oxygen atoms in total. The third-order valence-corrected chi connectivity index (χ3v) is 4.88. The smallest absolute Gasteiger partial charge is 0.425 e. The first kappa shape index (κ1) is 25.0. The van der Waals surface area contributed by atoms with Gasteiger partial charge in [0, 0.05) is 12.5 Å². The van der Waals surface area contributed by atoms with Crippen molar-refractivity contribution < 1.29 is 36.3 Å². The number of rotatable bonds is 6. The van der Waals surface area contributed by atoms with E-state index in [-0.39, 0.29) is 22.0 Å². The maximum Gasteiger partial charge on any atom is 0.425 e. The minimum Gasteiger partial charge on any atom is -0.480 e. The number of nitrogens with zero attached hydrogens (tertiary/aromatic N) is 2. The number of ether oxygens (including phenoxy) is 1. The van der Waals surface area contributed by atoms with E-state index in [2.05, 4.69) is 15.3 Å². The molecule has 0 saturated heterocycles. The summed E-state index contributed by atoms with van der Waals surface area (Å²) in [6, 6.07) is 5.01. The lowest BCUT2D eigenvalue weighted by molar-refractivity contribution is -0.189. The van der Waals surface area contributed by atoms with Gasteiger partial charge in [-0.3, -0.25) is 14.6 Å². The molecule has 178 valence electrons. The molecular formula is C22H15ClF5N3O3. The van der Waals surface area contributed by atoms with Crippen LogP contribution >= 0.6 is 11.6 Å². The predicted molar refractivity (Wildman–Crippen MR) is 113 cm³/mol. The molecule has 1 atom stereocenters. The zero-order chi connectivity index (χ0) is 25.2. The first-order chi connectivity index (χ1) is 15.9. The predicted octanol–water partition coefficient (Wildman–Crippen LogP) is 5.86. The fourth-order valence-electron chi connectivity index (χ4n) is 2.73. The second-order valence-corrected chi connectivity index (χ2v) is 7.43. The average Bonchev–Trinajstić information content (AvgIpc) is 2.76. The lowest BCUT2D eigenvalue weighted by Gasteiger charge is -2.20. The van der Waals surface area contributed by atoms with Crippen LogP contribution in [-0.2, 0) is 0 Å². The Labute approximate surface area is 194 Å². The maximum atomic E-state index is 14.9. The summed E-state index contributed by atoms with van der Waals surface area (Å²) in [6.07, 6.45) is -5.07. The van der Waals surface area contributed by atoms with Gasteiger partial charge in [-0.05, 0) is 31.2 Å². The standard InChI is InChI=1S/C22H15ClF5N3O3/c1-10(32)17-8-30-18(9-29-17)12-7-19(34-11(2)22(26,27)28)13(6-16(12)25)21(33)31-20-14(23)4-3-5-15(20)24/h3-9,11H,1-2H3,(H,31,33). The number of amides is 1. The summed E-state index contributed by atoms with van der Waals surface area (Å²) >= 11 is 5.87. The summed E-state index contributed by atoms with van der Waals surface area (Å²) in [7, 11) is 0. The highest BCUT2D eigenvalue weighted by Gasteiger charge is 2.39. The number of nitrogens with one attached hydrogen (secondary N) is 1. The van der Waals surface area contributed by atoms with Gasteiger partial charge >= 0.3 is 6.18 Å². The largest absolute Gasteiger partial charge is 0.480 e. The first-order valence-electron chi connectivity index (χ1n) is 9.54. The highest BCUT2D eigenvalue weighted by atomic mass is 35.5. The van der Waals surface area contributed by atoms with Gasteiger partial charge in [0.15, 0.2) is 11.9 Å². The number of carbonyl (C=O) groups excluding carboxylic acids is 2. The molecule has 3 aromatic rings. The van der Waals surface area contributed by atoms with Crippen molar-refractivity contribution in [3.8, 4) is 17.0 Å². The number of benzene rings is 2. The van der Waals surface area contributed by atoms with Crippen LogP contribution in [0.15, 0.2) is 42.7 Å². The van der Waals surface area contributed by atoms with Crippen LogP contribution in [0.3, 0.4) is 0 Å². The second-order valence-electron chi connectivity index (χ2n) is 7.02. The van der Waals surface area contributed by atoms with Gasteiger partial charge in [0.05, 0.1) is 34.4 Å². The van der Waals surface area contributed by atoms with E-state index in [9.17, 15) is 31.5 Å². The zero-order valence-corrected chi connectivity index (χ0v) is 18.3. The molecule has 2 aromatic carbocycles. The number of para-hydroxylation sites is 1. The second kappa shape index (κ2) is 9.72. The van der Waals surface area contributed by atoms with Crippen molar-refractivity contribution >= 4 is 29.0 Å². The van der Waals surface area contributed by atoms with Crippen LogP contribution in [0.25, 0.3) is 11.3 Å². The Kier molecular flexibility index (Phi) is 7.15. The SMILES string of the molecule is CC(=O)c1cnc(-c2cc(OC(C)C(F)(F)F)c(C(=O)Nc3c(F)cccc3Cl)cc2F)cn1. The van der Waals surface area contributed by atoms with Gasteiger partial charge < -0.3 is 10.1 Å². The summed E-state index contributed by atoms with van der Waals surface area (Å²) in [5.74, 6) is -4.18. The van der Waals surface area contributed by atoms with Crippen molar-refractivity contribution in [2.24, 2.45) is 0 Å². The number of ketones is 1. The van der Waals surface area contributed by atoms with E-state index < -0.39 is 52.6 Å². The zero-order valence-electron chi connectivity index (χ0n) is 17.5. The molecule has 0 aliphatic heterocycles. The summed E-state index contributed by atoms with van der Waals surface area (Å²) in [5.41, 5.74) is -1.57. The number of halogens is 6. The Balaban J connectivity index is 2.08. The highest BCUT2D eigenvalue weighted by Crippen LogP contribution is 2.34. The lowest BCUT2D eigenvalue weighted by atomic mass is 10.1. The molecule has 1 N–H and O–H groups in total. The summed E-state index contributed by atoms with van der Waals surface area (Å²) in [5, 5.41) is 1.93. The molecule has 0 saturated carbocycles. The third-order valence-electron chi connectivity index (χ3n) is 4.57. The Bertz CT molecular complexity index is 1230. The molecule has 1 aromatic heterocycles.